The summed E-state index contributed by atoms with van der Waals surface area (Å²) in [4.78, 5) is 38.1. The Bertz CT molecular complexity index is 1030. The summed E-state index contributed by atoms with van der Waals surface area (Å²) in [5.74, 6) is -1.87. The molecule has 0 fully saturated rings. The van der Waals surface area contributed by atoms with Crippen LogP contribution in [0.15, 0.2) is 12.1 Å². The highest BCUT2D eigenvalue weighted by Gasteiger charge is 2.32. The van der Waals surface area contributed by atoms with E-state index in [4.69, 9.17) is 18.9 Å². The average molecular weight is 647 g/mol. The molecule has 0 aromatic heterocycles. The number of methoxy groups -OCH3 is 1. The Labute approximate surface area is 280 Å². The normalized spacial score (nSPS) is 12.5. The van der Waals surface area contributed by atoms with Crippen molar-refractivity contribution in [1.29, 1.82) is 0 Å². The van der Waals surface area contributed by atoms with Gasteiger partial charge in [0.25, 0.3) is 0 Å². The Hall–Kier alpha value is -2.57. The molecule has 1 atom stereocenters. The topological polar surface area (TPSA) is 88.1 Å². The molecule has 1 aromatic carbocycles. The molecule has 0 aliphatic carbocycles. The molecule has 0 saturated carbocycles. The lowest BCUT2D eigenvalue weighted by molar-refractivity contribution is -0.160. The van der Waals surface area contributed by atoms with Crippen LogP contribution < -0.4 is 4.74 Å². The van der Waals surface area contributed by atoms with Crippen molar-refractivity contribution >= 4 is 18.1 Å². The molecule has 0 saturated heterocycles. The summed E-state index contributed by atoms with van der Waals surface area (Å²) >= 11 is 0. The molecule has 264 valence electrons. The molecule has 0 radical (unpaired) electrons. The Balaban J connectivity index is 2.52. The smallest absolute Gasteiger partial charge is 0.468 e. The van der Waals surface area contributed by atoms with Gasteiger partial charge in [-0.05, 0) is 63.1 Å². The standard InChI is InChI=1S/C39H66O7/c1-10-11-12-13-14-15-16-17-18-19-20-21-22-23-24-25-26-44-36(41)32(35(40)43-9)28-31-29-33(38(3,4)5)34(27-30(31)2)45-37(42)46-39(6,7)8/h27,29,32H,10-26,28H2,1-9H3. The highest BCUT2D eigenvalue weighted by Crippen LogP contribution is 2.35. The van der Waals surface area contributed by atoms with Gasteiger partial charge >= 0.3 is 18.1 Å². The first-order valence-electron chi connectivity index (χ1n) is 18.0. The fourth-order valence-corrected chi connectivity index (χ4v) is 5.53. The van der Waals surface area contributed by atoms with Crippen molar-refractivity contribution < 1.29 is 33.3 Å². The third-order valence-electron chi connectivity index (χ3n) is 8.27. The SMILES string of the molecule is CCCCCCCCCCCCCCCCCCOC(=O)C(Cc1cc(C(C)(C)C)c(OC(=O)OC(C)(C)C)cc1C)C(=O)OC. The molecular formula is C39H66O7. The van der Waals surface area contributed by atoms with Gasteiger partial charge < -0.3 is 18.9 Å². The Morgan fingerprint density at radius 3 is 1.61 bits per heavy atom. The maximum atomic E-state index is 13.0. The second kappa shape index (κ2) is 22.1. The van der Waals surface area contributed by atoms with Gasteiger partial charge in [0, 0.05) is 5.56 Å². The maximum absolute atomic E-state index is 13.0. The van der Waals surface area contributed by atoms with Gasteiger partial charge in [-0.25, -0.2) is 4.79 Å². The summed E-state index contributed by atoms with van der Waals surface area (Å²) in [7, 11) is 1.28. The number of carbonyl (C=O) groups excluding carboxylic acids is 3. The van der Waals surface area contributed by atoms with Crippen molar-refractivity contribution in [3.63, 3.8) is 0 Å². The van der Waals surface area contributed by atoms with Crippen LogP contribution in [0.5, 0.6) is 5.75 Å². The Kier molecular flexibility index (Phi) is 19.9. The molecule has 1 aromatic rings. The first kappa shape index (κ1) is 41.5. The number of hydrogen-bond donors (Lipinski definition) is 0. The van der Waals surface area contributed by atoms with Crippen LogP contribution >= 0.6 is 0 Å². The Morgan fingerprint density at radius 1 is 0.696 bits per heavy atom. The molecule has 7 heteroatoms. The second-order valence-electron chi connectivity index (χ2n) is 14.8. The maximum Gasteiger partial charge on any atom is 0.514 e. The molecule has 0 heterocycles. The minimum Gasteiger partial charge on any atom is -0.468 e. The van der Waals surface area contributed by atoms with E-state index < -0.39 is 29.6 Å². The number of hydrogen-bond acceptors (Lipinski definition) is 7. The number of carbonyl (C=O) groups is 3. The van der Waals surface area contributed by atoms with Crippen LogP contribution in [-0.4, -0.2) is 37.4 Å². The predicted molar refractivity (Wildman–Crippen MR) is 186 cm³/mol. The van der Waals surface area contributed by atoms with Crippen LogP contribution in [-0.2, 0) is 35.6 Å². The Morgan fingerprint density at radius 2 is 1.17 bits per heavy atom. The van der Waals surface area contributed by atoms with Gasteiger partial charge in [-0.1, -0.05) is 130 Å². The first-order valence-corrected chi connectivity index (χ1v) is 18.0. The van der Waals surface area contributed by atoms with Crippen LogP contribution in [0.4, 0.5) is 4.79 Å². The molecular weight excluding hydrogens is 580 g/mol. The predicted octanol–water partition coefficient (Wildman–Crippen LogP) is 10.7. The zero-order valence-corrected chi connectivity index (χ0v) is 30.8. The minimum atomic E-state index is -1.07. The van der Waals surface area contributed by atoms with Gasteiger partial charge in [0.05, 0.1) is 13.7 Å². The van der Waals surface area contributed by atoms with Gasteiger partial charge in [0.2, 0.25) is 0 Å². The lowest BCUT2D eigenvalue weighted by Crippen LogP contribution is -2.30. The first-order chi connectivity index (χ1) is 21.7. The van der Waals surface area contributed by atoms with Crippen LogP contribution in [0.3, 0.4) is 0 Å². The van der Waals surface area contributed by atoms with Crippen molar-refractivity contribution in [3.8, 4) is 5.75 Å². The van der Waals surface area contributed by atoms with Gasteiger partial charge in [0.1, 0.15) is 11.4 Å². The molecule has 0 spiro atoms. The number of rotatable bonds is 22. The number of aryl methyl sites for hydroxylation is 1. The van der Waals surface area contributed by atoms with Crippen LogP contribution in [0.1, 0.15) is 168 Å². The van der Waals surface area contributed by atoms with E-state index >= 15 is 0 Å². The fourth-order valence-electron chi connectivity index (χ4n) is 5.53. The lowest BCUT2D eigenvalue weighted by Gasteiger charge is -2.26. The van der Waals surface area contributed by atoms with Crippen molar-refractivity contribution in [1.82, 2.24) is 0 Å². The summed E-state index contributed by atoms with van der Waals surface area (Å²) in [6, 6.07) is 3.66. The van der Waals surface area contributed by atoms with Crippen LogP contribution in [0.25, 0.3) is 0 Å². The minimum absolute atomic E-state index is 0.131. The molecule has 0 amide bonds. The van der Waals surface area contributed by atoms with Crippen molar-refractivity contribution in [2.75, 3.05) is 13.7 Å². The van der Waals surface area contributed by atoms with E-state index in [0.717, 1.165) is 36.0 Å². The number of unbranched alkanes of at least 4 members (excludes halogenated alkanes) is 15. The molecule has 0 aliphatic rings. The highest BCUT2D eigenvalue weighted by atomic mass is 16.7. The van der Waals surface area contributed by atoms with Gasteiger partial charge in [-0.3, -0.25) is 9.59 Å². The lowest BCUT2D eigenvalue weighted by atomic mass is 9.83. The van der Waals surface area contributed by atoms with E-state index in [2.05, 4.69) is 6.92 Å². The van der Waals surface area contributed by atoms with E-state index in [1.807, 2.05) is 33.8 Å². The summed E-state index contributed by atoms with van der Waals surface area (Å²) in [6.07, 6.45) is 19.8. The van der Waals surface area contributed by atoms with Crippen LogP contribution in [0.2, 0.25) is 0 Å². The number of benzene rings is 1. The van der Waals surface area contributed by atoms with Gasteiger partial charge in [0.15, 0.2) is 5.92 Å². The monoisotopic (exact) mass is 646 g/mol. The molecule has 0 aliphatic heterocycles. The van der Waals surface area contributed by atoms with E-state index in [0.29, 0.717) is 12.4 Å². The summed E-state index contributed by atoms with van der Waals surface area (Å²) < 4.78 is 21.5. The fraction of sp³-hybridized carbons (Fsp3) is 0.769. The molecule has 46 heavy (non-hydrogen) atoms. The van der Waals surface area contributed by atoms with E-state index in [-0.39, 0.29) is 11.8 Å². The summed E-state index contributed by atoms with van der Waals surface area (Å²) in [6.45, 7) is 15.8. The van der Waals surface area contributed by atoms with Gasteiger partial charge in [-0.2, -0.15) is 0 Å². The molecule has 1 unspecified atom stereocenters. The molecule has 7 nitrogen and oxygen atoms in total. The zero-order valence-electron chi connectivity index (χ0n) is 30.8. The molecule has 1 rings (SSSR count). The third-order valence-corrected chi connectivity index (χ3v) is 8.27. The molecule has 0 bridgehead atoms. The zero-order chi connectivity index (χ0) is 34.6. The van der Waals surface area contributed by atoms with E-state index in [1.165, 1.54) is 90.6 Å². The summed E-state index contributed by atoms with van der Waals surface area (Å²) in [5.41, 5.74) is 1.27. The largest absolute Gasteiger partial charge is 0.514 e. The molecule has 0 N–H and O–H groups in total. The van der Waals surface area contributed by atoms with Crippen molar-refractivity contribution in [2.45, 2.75) is 176 Å². The van der Waals surface area contributed by atoms with Crippen molar-refractivity contribution in [3.05, 3.63) is 28.8 Å². The quantitative estimate of drug-likeness (QED) is 0.0407. The van der Waals surface area contributed by atoms with Crippen LogP contribution in [0, 0.1) is 12.8 Å². The highest BCUT2D eigenvalue weighted by molar-refractivity contribution is 5.95. The van der Waals surface area contributed by atoms with E-state index in [1.54, 1.807) is 26.8 Å². The van der Waals surface area contributed by atoms with Gasteiger partial charge in [-0.15, -0.1) is 0 Å². The number of esters is 2. The third kappa shape index (κ3) is 17.9. The number of ether oxygens (including phenoxy) is 4. The van der Waals surface area contributed by atoms with E-state index in [9.17, 15) is 14.4 Å². The summed E-state index contributed by atoms with van der Waals surface area (Å²) in [5, 5.41) is 0. The average Bonchev–Trinajstić information content (AvgIpc) is 2.96. The van der Waals surface area contributed by atoms with Crippen molar-refractivity contribution in [2.24, 2.45) is 5.92 Å². The second-order valence-corrected chi connectivity index (χ2v) is 14.8.